The predicted octanol–water partition coefficient (Wildman–Crippen LogP) is 0.772. The minimum atomic E-state index is -0.0266. The van der Waals surface area contributed by atoms with Gasteiger partial charge in [0, 0.05) is 26.4 Å². The van der Waals surface area contributed by atoms with Gasteiger partial charge < -0.3 is 10.6 Å². The molecule has 88 valence electrons. The first-order valence-electron chi connectivity index (χ1n) is 5.17. The summed E-state index contributed by atoms with van der Waals surface area (Å²) in [5, 5.41) is 5.49. The lowest BCUT2D eigenvalue weighted by molar-refractivity contribution is -0.121. The van der Waals surface area contributed by atoms with E-state index in [4.69, 9.17) is 0 Å². The second kappa shape index (κ2) is 9.83. The maximum atomic E-state index is 11.2. The molecule has 0 spiro atoms. The fourth-order valence-electron chi connectivity index (χ4n) is 1.05. The van der Waals surface area contributed by atoms with E-state index in [1.807, 2.05) is 6.26 Å². The molecule has 5 heteroatoms. The molecule has 0 radical (unpaired) electrons. The van der Waals surface area contributed by atoms with Gasteiger partial charge in [0.05, 0.1) is 0 Å². The third-order valence-electron chi connectivity index (χ3n) is 1.80. The molecule has 2 amide bonds. The molecule has 0 fully saturated rings. The Hall–Kier alpha value is -0.710. The van der Waals surface area contributed by atoms with Crippen molar-refractivity contribution in [2.24, 2.45) is 0 Å². The van der Waals surface area contributed by atoms with Gasteiger partial charge in [-0.1, -0.05) is 0 Å². The van der Waals surface area contributed by atoms with Gasteiger partial charge in [-0.3, -0.25) is 9.59 Å². The van der Waals surface area contributed by atoms with Crippen molar-refractivity contribution in [1.29, 1.82) is 0 Å². The van der Waals surface area contributed by atoms with Crippen molar-refractivity contribution in [3.63, 3.8) is 0 Å². The Morgan fingerprint density at radius 1 is 1.13 bits per heavy atom. The van der Waals surface area contributed by atoms with Crippen molar-refractivity contribution < 1.29 is 9.59 Å². The number of amides is 2. The van der Waals surface area contributed by atoms with Crippen molar-refractivity contribution in [3.8, 4) is 0 Å². The minimum absolute atomic E-state index is 0.0266. The number of thioether (sulfide) groups is 1. The lowest BCUT2D eigenvalue weighted by Crippen LogP contribution is -2.28. The van der Waals surface area contributed by atoms with Gasteiger partial charge in [-0.2, -0.15) is 11.8 Å². The van der Waals surface area contributed by atoms with E-state index in [1.165, 1.54) is 6.92 Å². The van der Waals surface area contributed by atoms with Gasteiger partial charge in [-0.15, -0.1) is 0 Å². The fourth-order valence-corrected chi connectivity index (χ4v) is 1.48. The zero-order valence-corrected chi connectivity index (χ0v) is 10.3. The summed E-state index contributed by atoms with van der Waals surface area (Å²) in [4.78, 5) is 21.7. The van der Waals surface area contributed by atoms with Crippen LogP contribution in [0.25, 0.3) is 0 Å². The first kappa shape index (κ1) is 14.3. The Balaban J connectivity index is 3.20. The van der Waals surface area contributed by atoms with E-state index in [0.29, 0.717) is 19.5 Å². The van der Waals surface area contributed by atoms with Crippen LogP contribution < -0.4 is 10.6 Å². The molecule has 0 heterocycles. The average Bonchev–Trinajstić information content (AvgIpc) is 2.17. The summed E-state index contributed by atoms with van der Waals surface area (Å²) in [7, 11) is 0. The third kappa shape index (κ3) is 11.2. The second-order valence-electron chi connectivity index (χ2n) is 3.28. The smallest absolute Gasteiger partial charge is 0.220 e. The van der Waals surface area contributed by atoms with Gasteiger partial charge in [0.15, 0.2) is 0 Å². The molecular formula is C10H20N2O2S. The number of carbonyl (C=O) groups excluding carboxylic acids is 2. The maximum absolute atomic E-state index is 11.2. The molecule has 0 bridgehead atoms. The van der Waals surface area contributed by atoms with Crippen molar-refractivity contribution in [1.82, 2.24) is 10.6 Å². The molecule has 0 saturated heterocycles. The summed E-state index contributed by atoms with van der Waals surface area (Å²) in [6, 6.07) is 0. The summed E-state index contributed by atoms with van der Waals surface area (Å²) in [6.45, 7) is 2.75. The predicted molar refractivity (Wildman–Crippen MR) is 63.9 cm³/mol. The summed E-state index contributed by atoms with van der Waals surface area (Å²) in [5.41, 5.74) is 0. The van der Waals surface area contributed by atoms with Crippen molar-refractivity contribution in [2.45, 2.75) is 26.2 Å². The standard InChI is InChI=1S/C10H20N2O2S/c1-9(13)11-6-4-7-12-10(14)5-3-8-15-2/h3-8H2,1-2H3,(H,11,13)(H,12,14). The van der Waals surface area contributed by atoms with Crippen LogP contribution in [0.15, 0.2) is 0 Å². The van der Waals surface area contributed by atoms with Crippen LogP contribution in [0.5, 0.6) is 0 Å². The quantitative estimate of drug-likeness (QED) is 0.608. The highest BCUT2D eigenvalue weighted by Crippen LogP contribution is 1.98. The molecule has 0 atom stereocenters. The zero-order valence-electron chi connectivity index (χ0n) is 9.47. The third-order valence-corrected chi connectivity index (χ3v) is 2.50. The van der Waals surface area contributed by atoms with Crippen molar-refractivity contribution in [2.75, 3.05) is 25.1 Å². The van der Waals surface area contributed by atoms with Crippen LogP contribution in [0.2, 0.25) is 0 Å². The molecule has 0 aliphatic heterocycles. The Labute approximate surface area is 95.6 Å². The van der Waals surface area contributed by atoms with Crippen LogP contribution in [0.4, 0.5) is 0 Å². The molecule has 0 aliphatic rings. The van der Waals surface area contributed by atoms with Crippen LogP contribution >= 0.6 is 11.8 Å². The molecule has 2 N–H and O–H groups in total. The molecule has 0 aliphatic carbocycles. The van der Waals surface area contributed by atoms with E-state index in [0.717, 1.165) is 18.6 Å². The molecule has 0 rings (SSSR count). The van der Waals surface area contributed by atoms with E-state index in [1.54, 1.807) is 11.8 Å². The van der Waals surface area contributed by atoms with E-state index in [2.05, 4.69) is 10.6 Å². The second-order valence-corrected chi connectivity index (χ2v) is 4.27. The monoisotopic (exact) mass is 232 g/mol. The Kier molecular flexibility index (Phi) is 9.36. The van der Waals surface area contributed by atoms with Crippen LogP contribution in [0, 0.1) is 0 Å². The van der Waals surface area contributed by atoms with E-state index in [9.17, 15) is 9.59 Å². The largest absolute Gasteiger partial charge is 0.356 e. The minimum Gasteiger partial charge on any atom is -0.356 e. The highest BCUT2D eigenvalue weighted by molar-refractivity contribution is 7.98. The number of rotatable bonds is 8. The van der Waals surface area contributed by atoms with Gasteiger partial charge in [0.2, 0.25) is 11.8 Å². The number of nitrogens with one attached hydrogen (secondary N) is 2. The Morgan fingerprint density at radius 3 is 2.40 bits per heavy atom. The highest BCUT2D eigenvalue weighted by Gasteiger charge is 1.99. The van der Waals surface area contributed by atoms with E-state index >= 15 is 0 Å². The SMILES string of the molecule is CSCCCC(=O)NCCCNC(C)=O. The molecule has 4 nitrogen and oxygen atoms in total. The molecule has 0 aromatic heterocycles. The number of hydrogen-bond acceptors (Lipinski definition) is 3. The van der Waals surface area contributed by atoms with Crippen LogP contribution in [0.1, 0.15) is 26.2 Å². The molecule has 0 aromatic carbocycles. The van der Waals surface area contributed by atoms with Crippen LogP contribution in [-0.2, 0) is 9.59 Å². The number of hydrogen-bond donors (Lipinski definition) is 2. The summed E-state index contributed by atoms with van der Waals surface area (Å²) < 4.78 is 0. The van der Waals surface area contributed by atoms with Gasteiger partial charge >= 0.3 is 0 Å². The summed E-state index contributed by atoms with van der Waals surface area (Å²) in [5.74, 6) is 1.10. The highest BCUT2D eigenvalue weighted by atomic mass is 32.2. The van der Waals surface area contributed by atoms with E-state index < -0.39 is 0 Å². The Bertz CT molecular complexity index is 198. The lowest BCUT2D eigenvalue weighted by Gasteiger charge is -2.05. The van der Waals surface area contributed by atoms with Gasteiger partial charge in [-0.05, 0) is 24.9 Å². The first-order valence-corrected chi connectivity index (χ1v) is 6.56. The molecular weight excluding hydrogens is 212 g/mol. The summed E-state index contributed by atoms with van der Waals surface area (Å²) >= 11 is 1.75. The summed E-state index contributed by atoms with van der Waals surface area (Å²) in [6.07, 6.45) is 4.35. The molecule has 0 unspecified atom stereocenters. The Morgan fingerprint density at radius 2 is 1.80 bits per heavy atom. The first-order chi connectivity index (χ1) is 7.16. The average molecular weight is 232 g/mol. The molecule has 15 heavy (non-hydrogen) atoms. The van der Waals surface area contributed by atoms with Crippen LogP contribution in [0.3, 0.4) is 0 Å². The zero-order chi connectivity index (χ0) is 11.5. The fraction of sp³-hybridized carbons (Fsp3) is 0.800. The molecule has 0 aromatic rings. The van der Waals surface area contributed by atoms with Gasteiger partial charge in [-0.25, -0.2) is 0 Å². The lowest BCUT2D eigenvalue weighted by atomic mass is 10.3. The van der Waals surface area contributed by atoms with E-state index in [-0.39, 0.29) is 11.8 Å². The topological polar surface area (TPSA) is 58.2 Å². The van der Waals surface area contributed by atoms with Crippen LogP contribution in [-0.4, -0.2) is 36.9 Å². The van der Waals surface area contributed by atoms with Crippen molar-refractivity contribution in [3.05, 3.63) is 0 Å². The van der Waals surface area contributed by atoms with Crippen molar-refractivity contribution >= 4 is 23.6 Å². The van der Waals surface area contributed by atoms with Gasteiger partial charge in [0.25, 0.3) is 0 Å². The maximum Gasteiger partial charge on any atom is 0.220 e. The molecule has 0 saturated carbocycles. The normalized spacial score (nSPS) is 9.73. The number of carbonyl (C=O) groups is 2. The van der Waals surface area contributed by atoms with Gasteiger partial charge in [0.1, 0.15) is 0 Å².